The molecule has 10 nitrogen and oxygen atoms in total. The number of amides is 3. The van der Waals surface area contributed by atoms with Gasteiger partial charge in [-0.25, -0.2) is 4.98 Å². The number of fused-ring (bicyclic) bond motifs is 1. The van der Waals surface area contributed by atoms with Crippen LogP contribution in [0.5, 0.6) is 11.5 Å². The maximum atomic E-state index is 13.0. The van der Waals surface area contributed by atoms with Gasteiger partial charge in [-0.3, -0.25) is 14.4 Å². The number of likely N-dealkylation sites (tertiary alicyclic amines) is 1. The molecule has 0 bridgehead atoms. The van der Waals surface area contributed by atoms with E-state index in [-0.39, 0.29) is 30.4 Å². The maximum Gasteiger partial charge on any atom is 0.267 e. The van der Waals surface area contributed by atoms with Crippen LogP contribution in [0.1, 0.15) is 47.8 Å². The summed E-state index contributed by atoms with van der Waals surface area (Å²) >= 11 is 1.32. The molecule has 0 aliphatic carbocycles. The summed E-state index contributed by atoms with van der Waals surface area (Å²) in [5, 5.41) is 6.45. The average Bonchev–Trinajstić information content (AvgIpc) is 3.62. The van der Waals surface area contributed by atoms with Gasteiger partial charge in [-0.2, -0.15) is 0 Å². The smallest absolute Gasteiger partial charge is 0.267 e. The Bertz CT molecular complexity index is 1120. The van der Waals surface area contributed by atoms with Crippen LogP contribution in [0.3, 0.4) is 0 Å². The first kappa shape index (κ1) is 23.4. The number of carbonyl (C=O) groups excluding carboxylic acids is 3. The Morgan fingerprint density at radius 3 is 2.57 bits per heavy atom. The molecule has 3 aliphatic heterocycles. The van der Waals surface area contributed by atoms with E-state index in [0.29, 0.717) is 54.1 Å². The summed E-state index contributed by atoms with van der Waals surface area (Å²) in [6, 6.07) is 5.67. The number of anilines is 2. The van der Waals surface area contributed by atoms with Gasteiger partial charge in [-0.15, -0.1) is 0 Å². The highest BCUT2D eigenvalue weighted by Gasteiger charge is 2.30. The fourth-order valence-corrected chi connectivity index (χ4v) is 5.66. The first-order valence-electron chi connectivity index (χ1n) is 12.0. The third kappa shape index (κ3) is 5.19. The quantitative estimate of drug-likeness (QED) is 0.628. The average molecular weight is 500 g/mol. The number of hydrogen-bond acceptors (Lipinski definition) is 8. The fraction of sp³-hybridized carbons (Fsp3) is 0.500. The number of nitrogens with zero attached hydrogens (tertiary/aromatic N) is 3. The van der Waals surface area contributed by atoms with E-state index < -0.39 is 0 Å². The Morgan fingerprint density at radius 2 is 1.83 bits per heavy atom. The molecule has 0 atom stereocenters. The third-order valence-corrected chi connectivity index (χ3v) is 7.64. The van der Waals surface area contributed by atoms with Crippen molar-refractivity contribution < 1.29 is 23.9 Å². The fourth-order valence-electron chi connectivity index (χ4n) is 4.62. The number of carbonyl (C=O) groups is 3. The number of ether oxygens (including phenoxy) is 2. The van der Waals surface area contributed by atoms with Crippen LogP contribution in [0, 0.1) is 5.92 Å². The number of benzene rings is 1. The van der Waals surface area contributed by atoms with Crippen LogP contribution in [-0.4, -0.2) is 60.6 Å². The Labute approximate surface area is 207 Å². The third-order valence-electron chi connectivity index (χ3n) is 6.54. The molecule has 0 spiro atoms. The second-order valence-corrected chi connectivity index (χ2v) is 10.00. The second kappa shape index (κ2) is 10.1. The summed E-state index contributed by atoms with van der Waals surface area (Å²) in [5.41, 5.74) is 0.962. The van der Waals surface area contributed by atoms with Crippen LogP contribution in [0.2, 0.25) is 0 Å². The molecule has 2 aromatic rings. The zero-order chi connectivity index (χ0) is 24.4. The van der Waals surface area contributed by atoms with Crippen molar-refractivity contribution in [2.24, 2.45) is 5.92 Å². The van der Waals surface area contributed by atoms with Gasteiger partial charge in [0.25, 0.3) is 5.91 Å². The zero-order valence-corrected chi connectivity index (χ0v) is 20.5. The van der Waals surface area contributed by atoms with Crippen LogP contribution in [0.4, 0.5) is 10.9 Å². The van der Waals surface area contributed by atoms with E-state index >= 15 is 0 Å². The van der Waals surface area contributed by atoms with E-state index in [1.54, 1.807) is 0 Å². The highest BCUT2D eigenvalue weighted by Crippen LogP contribution is 2.35. The van der Waals surface area contributed by atoms with Gasteiger partial charge in [0.15, 0.2) is 22.4 Å². The predicted molar refractivity (Wildman–Crippen MR) is 131 cm³/mol. The van der Waals surface area contributed by atoms with E-state index in [9.17, 15) is 14.4 Å². The topological polar surface area (TPSA) is 113 Å². The molecule has 186 valence electrons. The van der Waals surface area contributed by atoms with E-state index in [2.05, 4.69) is 20.5 Å². The van der Waals surface area contributed by atoms with Crippen molar-refractivity contribution in [3.05, 3.63) is 28.6 Å². The minimum absolute atomic E-state index is 0.0327. The van der Waals surface area contributed by atoms with Crippen molar-refractivity contribution in [1.29, 1.82) is 0 Å². The number of rotatable bonds is 6. The number of thiazole rings is 1. The summed E-state index contributed by atoms with van der Waals surface area (Å²) in [4.78, 5) is 46.4. The summed E-state index contributed by atoms with van der Waals surface area (Å²) in [6.45, 7) is 4.86. The zero-order valence-electron chi connectivity index (χ0n) is 19.7. The number of aromatic nitrogens is 1. The second-order valence-electron chi connectivity index (χ2n) is 9.02. The van der Waals surface area contributed by atoms with Gasteiger partial charge in [-0.05, 0) is 43.4 Å². The largest absolute Gasteiger partial charge is 0.454 e. The lowest BCUT2D eigenvalue weighted by Crippen LogP contribution is -2.40. The van der Waals surface area contributed by atoms with E-state index in [1.807, 2.05) is 23.1 Å². The molecule has 1 aromatic heterocycles. The molecule has 2 fully saturated rings. The summed E-state index contributed by atoms with van der Waals surface area (Å²) < 4.78 is 10.7. The molecule has 11 heteroatoms. The van der Waals surface area contributed by atoms with Gasteiger partial charge in [0.1, 0.15) is 4.88 Å². The van der Waals surface area contributed by atoms with Gasteiger partial charge in [-0.1, -0.05) is 17.4 Å². The van der Waals surface area contributed by atoms with Crippen molar-refractivity contribution in [3.63, 3.8) is 0 Å². The molecule has 2 N–H and O–H groups in total. The Balaban J connectivity index is 1.18. The monoisotopic (exact) mass is 499 g/mol. The van der Waals surface area contributed by atoms with Crippen LogP contribution in [0.25, 0.3) is 0 Å². The molecule has 4 heterocycles. The highest BCUT2D eigenvalue weighted by molar-refractivity contribution is 7.18. The van der Waals surface area contributed by atoms with Crippen LogP contribution < -0.4 is 25.0 Å². The van der Waals surface area contributed by atoms with Crippen LogP contribution in [-0.2, 0) is 16.1 Å². The van der Waals surface area contributed by atoms with Crippen molar-refractivity contribution in [2.75, 3.05) is 43.2 Å². The molecule has 3 amide bonds. The molecule has 5 rings (SSSR count). The summed E-state index contributed by atoms with van der Waals surface area (Å²) in [5.74, 6) is 1.38. The first-order chi connectivity index (χ1) is 17.0. The maximum absolute atomic E-state index is 13.0. The molecule has 0 radical (unpaired) electrons. The summed E-state index contributed by atoms with van der Waals surface area (Å²) in [6.07, 6.45) is 3.38. The van der Waals surface area contributed by atoms with E-state index in [4.69, 9.17) is 9.47 Å². The lowest BCUT2D eigenvalue weighted by molar-refractivity contribution is -0.125. The lowest BCUT2D eigenvalue weighted by atomic mass is 9.96. The molecule has 0 unspecified atom stereocenters. The molecule has 35 heavy (non-hydrogen) atoms. The number of hydrogen-bond donors (Lipinski definition) is 2. The molecule has 1 aromatic carbocycles. The highest BCUT2D eigenvalue weighted by atomic mass is 32.1. The minimum atomic E-state index is -0.254. The van der Waals surface area contributed by atoms with Crippen LogP contribution >= 0.6 is 11.3 Å². The van der Waals surface area contributed by atoms with E-state index in [0.717, 1.165) is 37.2 Å². The van der Waals surface area contributed by atoms with Crippen molar-refractivity contribution >= 4 is 40.0 Å². The Morgan fingerprint density at radius 1 is 1.09 bits per heavy atom. The van der Waals surface area contributed by atoms with Crippen molar-refractivity contribution in [1.82, 2.24) is 15.2 Å². The Hall–Kier alpha value is -3.34. The SMILES string of the molecule is CC(=O)Nc1nc(N2CCC(C(=O)NCc3ccc4c(c3)OCO4)CC2)sc1C(=O)N1CCCC1. The normalized spacial score (nSPS) is 17.5. The lowest BCUT2D eigenvalue weighted by Gasteiger charge is -2.31. The molecule has 3 aliphatic rings. The standard InChI is InChI=1S/C24H29N5O5S/c1-15(30)26-21-20(23(32)28-8-2-3-9-28)35-24(27-21)29-10-6-17(7-11-29)22(31)25-13-16-4-5-18-19(12-16)34-14-33-18/h4-5,12,17H,2-3,6-11,13-14H2,1H3,(H,25,31)(H,26,30). The Kier molecular flexibility index (Phi) is 6.76. The van der Waals surface area contributed by atoms with Crippen molar-refractivity contribution in [2.45, 2.75) is 39.2 Å². The number of piperidine rings is 1. The van der Waals surface area contributed by atoms with Gasteiger partial charge >= 0.3 is 0 Å². The predicted octanol–water partition coefficient (Wildman–Crippen LogP) is 2.60. The molecular weight excluding hydrogens is 470 g/mol. The van der Waals surface area contributed by atoms with Gasteiger partial charge in [0, 0.05) is 45.6 Å². The van der Waals surface area contributed by atoms with Gasteiger partial charge in [0.05, 0.1) is 0 Å². The van der Waals surface area contributed by atoms with Gasteiger partial charge < -0.3 is 29.9 Å². The molecular formula is C24H29N5O5S. The minimum Gasteiger partial charge on any atom is -0.454 e. The van der Waals surface area contributed by atoms with Crippen LogP contribution in [0.15, 0.2) is 18.2 Å². The van der Waals surface area contributed by atoms with E-state index in [1.165, 1.54) is 18.3 Å². The molecule has 0 saturated carbocycles. The summed E-state index contributed by atoms with van der Waals surface area (Å²) in [7, 11) is 0. The first-order valence-corrected chi connectivity index (χ1v) is 12.8. The van der Waals surface area contributed by atoms with Crippen molar-refractivity contribution in [3.8, 4) is 11.5 Å². The number of nitrogens with one attached hydrogen (secondary N) is 2. The molecule has 2 saturated heterocycles. The van der Waals surface area contributed by atoms with Gasteiger partial charge in [0.2, 0.25) is 18.6 Å².